The lowest BCUT2D eigenvalue weighted by atomic mass is 10.1. The molecule has 0 unspecified atom stereocenters. The smallest absolute Gasteiger partial charge is 0.363 e. The molecule has 0 amide bonds. The lowest BCUT2D eigenvalue weighted by Gasteiger charge is -2.13. The second-order valence-corrected chi connectivity index (χ2v) is 10.1. The summed E-state index contributed by atoms with van der Waals surface area (Å²) in [6.07, 6.45) is 1.56. The minimum atomic E-state index is -0.615. The van der Waals surface area contributed by atoms with Gasteiger partial charge in [0.15, 0.2) is 17.2 Å². The summed E-state index contributed by atoms with van der Waals surface area (Å²) < 4.78 is 17.8. The first-order valence-corrected chi connectivity index (χ1v) is 12.5. The molecule has 0 aromatic heterocycles. The van der Waals surface area contributed by atoms with Crippen LogP contribution < -0.4 is 9.47 Å². The molecule has 34 heavy (non-hydrogen) atoms. The van der Waals surface area contributed by atoms with E-state index in [-0.39, 0.29) is 27.9 Å². The van der Waals surface area contributed by atoms with Crippen molar-refractivity contribution >= 4 is 92.3 Å². The zero-order valence-electron chi connectivity index (χ0n) is 17.3. The Morgan fingerprint density at radius 1 is 1.06 bits per heavy atom. The van der Waals surface area contributed by atoms with Crippen LogP contribution in [0.3, 0.4) is 0 Å². The van der Waals surface area contributed by atoms with Crippen LogP contribution in [0.4, 0.5) is 0 Å². The van der Waals surface area contributed by atoms with Crippen molar-refractivity contribution < 1.29 is 23.8 Å². The number of esters is 2. The third kappa shape index (κ3) is 5.40. The van der Waals surface area contributed by atoms with Crippen LogP contribution in [-0.2, 0) is 9.53 Å². The highest BCUT2D eigenvalue weighted by molar-refractivity contribution is 14.1. The summed E-state index contributed by atoms with van der Waals surface area (Å²) in [6, 6.07) is 15.3. The number of hydrogen-bond donors (Lipinski definition) is 0. The van der Waals surface area contributed by atoms with Gasteiger partial charge in [0.2, 0.25) is 5.90 Å². The second-order valence-electron chi connectivity index (χ2n) is 6.86. The number of cyclic esters (lactones) is 1. The molecule has 3 aromatic rings. The van der Waals surface area contributed by atoms with E-state index in [2.05, 4.69) is 27.6 Å². The maximum atomic E-state index is 12.6. The van der Waals surface area contributed by atoms with Crippen molar-refractivity contribution in [3.05, 3.63) is 94.2 Å². The molecule has 0 radical (unpaired) electrons. The van der Waals surface area contributed by atoms with E-state index >= 15 is 0 Å². The molecule has 0 saturated heterocycles. The van der Waals surface area contributed by atoms with E-state index in [0.29, 0.717) is 25.5 Å². The van der Waals surface area contributed by atoms with Gasteiger partial charge < -0.3 is 14.2 Å². The Bertz CT molecular complexity index is 1390. The Kier molecular flexibility index (Phi) is 7.80. The summed E-state index contributed by atoms with van der Waals surface area (Å²) >= 11 is 16.5. The van der Waals surface area contributed by atoms with Crippen LogP contribution in [0.25, 0.3) is 6.08 Å². The average molecular weight is 720 g/mol. The fraction of sp³-hybridized carbons (Fsp3) is 0.0417. The predicted molar refractivity (Wildman–Crippen MR) is 147 cm³/mol. The standard InChI is InChI=1S/C24H13Cl2I2NO5/c1-32-20-10-12(8-18(28)21(20)33-23(30)14-4-2-3-5-16(14)25)9-19-24(31)34-22(29-19)15-11-13(27)6-7-17(15)26/h2-11H,1H3/b19-9-. The van der Waals surface area contributed by atoms with Gasteiger partial charge in [0, 0.05) is 3.57 Å². The van der Waals surface area contributed by atoms with E-state index in [0.717, 1.165) is 3.57 Å². The summed E-state index contributed by atoms with van der Waals surface area (Å²) in [5.74, 6) is -0.551. The molecule has 0 N–H and O–H groups in total. The molecule has 3 aromatic carbocycles. The van der Waals surface area contributed by atoms with Gasteiger partial charge in [-0.05, 0) is 99.3 Å². The fourth-order valence-electron chi connectivity index (χ4n) is 3.04. The number of benzene rings is 3. The second kappa shape index (κ2) is 10.6. The van der Waals surface area contributed by atoms with Gasteiger partial charge in [-0.25, -0.2) is 14.6 Å². The maximum absolute atomic E-state index is 12.6. The molecule has 0 aliphatic carbocycles. The topological polar surface area (TPSA) is 74.2 Å². The van der Waals surface area contributed by atoms with Crippen LogP contribution >= 0.6 is 68.4 Å². The molecule has 0 fully saturated rings. The van der Waals surface area contributed by atoms with E-state index in [1.165, 1.54) is 7.11 Å². The van der Waals surface area contributed by atoms with Gasteiger partial charge in [-0.1, -0.05) is 35.3 Å². The molecule has 0 atom stereocenters. The Balaban J connectivity index is 1.65. The van der Waals surface area contributed by atoms with E-state index in [1.807, 2.05) is 28.7 Å². The molecule has 4 rings (SSSR count). The number of aliphatic imine (C=N–C) groups is 1. The Morgan fingerprint density at radius 3 is 2.56 bits per heavy atom. The van der Waals surface area contributed by atoms with Crippen LogP contribution in [0.1, 0.15) is 21.5 Å². The number of methoxy groups -OCH3 is 1. The van der Waals surface area contributed by atoms with Crippen molar-refractivity contribution in [1.82, 2.24) is 0 Å². The van der Waals surface area contributed by atoms with Gasteiger partial charge in [0.1, 0.15) is 0 Å². The first kappa shape index (κ1) is 25.0. The van der Waals surface area contributed by atoms with Gasteiger partial charge >= 0.3 is 11.9 Å². The number of nitrogens with zero attached hydrogens (tertiary/aromatic N) is 1. The molecular weight excluding hydrogens is 707 g/mol. The van der Waals surface area contributed by atoms with E-state index < -0.39 is 11.9 Å². The third-order valence-corrected chi connectivity index (χ3v) is 6.75. The SMILES string of the molecule is COc1cc(/C=C2\N=C(c3cc(I)ccc3Cl)OC2=O)cc(I)c1OC(=O)c1ccccc1Cl. The zero-order valence-corrected chi connectivity index (χ0v) is 23.1. The number of halogens is 4. The summed E-state index contributed by atoms with van der Waals surface area (Å²) in [5.41, 5.74) is 1.46. The van der Waals surface area contributed by atoms with Crippen LogP contribution in [0, 0.1) is 7.14 Å². The minimum absolute atomic E-state index is 0.101. The quantitative estimate of drug-likeness (QED) is 0.126. The molecule has 0 bridgehead atoms. The van der Waals surface area contributed by atoms with Crippen LogP contribution in [0.15, 0.2) is 65.3 Å². The van der Waals surface area contributed by atoms with Crippen molar-refractivity contribution in [2.24, 2.45) is 4.99 Å². The molecule has 10 heteroatoms. The molecule has 0 saturated carbocycles. The molecule has 6 nitrogen and oxygen atoms in total. The van der Waals surface area contributed by atoms with E-state index in [4.69, 9.17) is 37.4 Å². The molecular formula is C24H13Cl2I2NO5. The number of ether oxygens (including phenoxy) is 3. The monoisotopic (exact) mass is 719 g/mol. The van der Waals surface area contributed by atoms with Crippen LogP contribution in [0.2, 0.25) is 10.0 Å². The van der Waals surface area contributed by atoms with Crippen LogP contribution in [0.5, 0.6) is 11.5 Å². The molecule has 172 valence electrons. The molecule has 1 heterocycles. The first-order chi connectivity index (χ1) is 16.3. The van der Waals surface area contributed by atoms with E-state index in [1.54, 1.807) is 54.6 Å². The molecule has 1 aliphatic rings. The van der Waals surface area contributed by atoms with Crippen molar-refractivity contribution in [2.75, 3.05) is 7.11 Å². The predicted octanol–water partition coefficient (Wildman–Crippen LogP) is 6.77. The summed E-state index contributed by atoms with van der Waals surface area (Å²) in [4.78, 5) is 29.4. The Morgan fingerprint density at radius 2 is 1.82 bits per heavy atom. The van der Waals surface area contributed by atoms with Gasteiger partial charge in [-0.2, -0.15) is 0 Å². The summed E-state index contributed by atoms with van der Waals surface area (Å²) in [6.45, 7) is 0. The van der Waals surface area contributed by atoms with Gasteiger partial charge in [0.25, 0.3) is 0 Å². The number of hydrogen-bond acceptors (Lipinski definition) is 6. The highest BCUT2D eigenvalue weighted by atomic mass is 127. The normalized spacial score (nSPS) is 14.1. The van der Waals surface area contributed by atoms with Gasteiger partial charge in [0.05, 0.1) is 31.9 Å². The zero-order chi connectivity index (χ0) is 24.4. The first-order valence-electron chi connectivity index (χ1n) is 9.59. The Labute approximate surface area is 232 Å². The summed E-state index contributed by atoms with van der Waals surface area (Å²) in [7, 11) is 1.45. The lowest BCUT2D eigenvalue weighted by Crippen LogP contribution is -2.11. The largest absolute Gasteiger partial charge is 0.493 e. The number of carbonyl (C=O) groups is 2. The van der Waals surface area contributed by atoms with Gasteiger partial charge in [-0.3, -0.25) is 0 Å². The lowest BCUT2D eigenvalue weighted by molar-refractivity contribution is -0.129. The molecule has 0 spiro atoms. The van der Waals surface area contributed by atoms with E-state index in [9.17, 15) is 9.59 Å². The minimum Gasteiger partial charge on any atom is -0.493 e. The highest BCUT2D eigenvalue weighted by Gasteiger charge is 2.26. The Hall–Kier alpha value is -2.15. The summed E-state index contributed by atoms with van der Waals surface area (Å²) in [5, 5.41) is 0.707. The number of rotatable bonds is 5. The van der Waals surface area contributed by atoms with Crippen LogP contribution in [-0.4, -0.2) is 24.9 Å². The third-order valence-electron chi connectivity index (χ3n) is 4.62. The number of carbonyl (C=O) groups excluding carboxylic acids is 2. The van der Waals surface area contributed by atoms with Crippen molar-refractivity contribution in [3.63, 3.8) is 0 Å². The average Bonchev–Trinajstić information content (AvgIpc) is 3.17. The highest BCUT2D eigenvalue weighted by Crippen LogP contribution is 2.36. The van der Waals surface area contributed by atoms with Gasteiger partial charge in [-0.15, -0.1) is 0 Å². The maximum Gasteiger partial charge on any atom is 0.363 e. The fourth-order valence-corrected chi connectivity index (χ4v) is 4.68. The van der Waals surface area contributed by atoms with Crippen molar-refractivity contribution in [3.8, 4) is 11.5 Å². The van der Waals surface area contributed by atoms with Crippen molar-refractivity contribution in [1.29, 1.82) is 0 Å². The van der Waals surface area contributed by atoms with Crippen molar-refractivity contribution in [2.45, 2.75) is 0 Å². The molecule has 1 aliphatic heterocycles.